The molecular formula is C19H17FN6O3. The molecule has 0 aliphatic heterocycles. The average Bonchev–Trinajstić information content (AvgIpc) is 3.14. The van der Waals surface area contributed by atoms with E-state index in [1.807, 2.05) is 6.92 Å². The maximum Gasteiger partial charge on any atom is 0.246 e. The number of hydrogen-bond donors (Lipinski definition) is 3. The monoisotopic (exact) mass is 396 g/mol. The maximum absolute atomic E-state index is 14.5. The number of benzene rings is 1. The molecule has 0 unspecified atom stereocenters. The summed E-state index contributed by atoms with van der Waals surface area (Å²) in [6.07, 6.45) is 2.88. The Morgan fingerprint density at radius 1 is 1.17 bits per heavy atom. The van der Waals surface area contributed by atoms with Crippen LogP contribution in [0.1, 0.15) is 5.69 Å². The molecule has 29 heavy (non-hydrogen) atoms. The first-order valence-electron chi connectivity index (χ1n) is 8.74. The molecule has 1 aromatic carbocycles. The van der Waals surface area contributed by atoms with Gasteiger partial charge in [-0.15, -0.1) is 5.10 Å². The number of fused-ring (bicyclic) bond motifs is 1. The highest BCUT2D eigenvalue weighted by atomic mass is 19.1. The lowest BCUT2D eigenvalue weighted by Crippen LogP contribution is -2.03. The lowest BCUT2D eigenvalue weighted by Gasteiger charge is -2.10. The Balaban J connectivity index is 1.57. The van der Waals surface area contributed by atoms with Crippen LogP contribution >= 0.6 is 0 Å². The summed E-state index contributed by atoms with van der Waals surface area (Å²) in [5, 5.41) is 19.2. The number of rotatable bonds is 7. The SMILES string of the molecule is Cc1ccc(Oc2ccc(Nc3ncnc4[nH]nc(OCCO)c34)cc2F)cn1. The van der Waals surface area contributed by atoms with Crippen molar-refractivity contribution in [1.82, 2.24) is 25.1 Å². The van der Waals surface area contributed by atoms with E-state index in [0.29, 0.717) is 28.3 Å². The molecule has 0 fully saturated rings. The summed E-state index contributed by atoms with van der Waals surface area (Å²) >= 11 is 0. The van der Waals surface area contributed by atoms with Crippen molar-refractivity contribution in [2.24, 2.45) is 0 Å². The van der Waals surface area contributed by atoms with Crippen molar-refractivity contribution in [2.45, 2.75) is 6.92 Å². The molecule has 0 radical (unpaired) electrons. The number of H-pyrrole nitrogens is 1. The van der Waals surface area contributed by atoms with Gasteiger partial charge in [-0.2, -0.15) is 0 Å². The van der Waals surface area contributed by atoms with Crippen LogP contribution in [0, 0.1) is 12.7 Å². The topological polar surface area (TPSA) is 118 Å². The molecule has 4 rings (SSSR count). The Hall–Kier alpha value is -3.79. The minimum atomic E-state index is -0.551. The Bertz CT molecular complexity index is 1130. The zero-order valence-electron chi connectivity index (χ0n) is 15.4. The highest BCUT2D eigenvalue weighted by Gasteiger charge is 2.15. The molecule has 3 heterocycles. The molecular weight excluding hydrogens is 379 g/mol. The summed E-state index contributed by atoms with van der Waals surface area (Å²) in [7, 11) is 0. The minimum Gasteiger partial charge on any atom is -0.474 e. The fraction of sp³-hybridized carbons (Fsp3) is 0.158. The number of anilines is 2. The van der Waals surface area contributed by atoms with Gasteiger partial charge in [-0.3, -0.25) is 10.1 Å². The predicted octanol–water partition coefficient (Wildman–Crippen LogP) is 3.10. The van der Waals surface area contributed by atoms with Crippen molar-refractivity contribution in [3.8, 4) is 17.4 Å². The molecule has 0 saturated carbocycles. The van der Waals surface area contributed by atoms with Gasteiger partial charge in [0.25, 0.3) is 0 Å². The second-order valence-corrected chi connectivity index (χ2v) is 6.05. The van der Waals surface area contributed by atoms with E-state index in [2.05, 4.69) is 30.5 Å². The molecule has 4 aromatic rings. The van der Waals surface area contributed by atoms with Crippen molar-refractivity contribution in [3.63, 3.8) is 0 Å². The molecule has 9 nitrogen and oxygen atoms in total. The van der Waals surface area contributed by atoms with Crippen LogP contribution < -0.4 is 14.8 Å². The van der Waals surface area contributed by atoms with E-state index in [9.17, 15) is 4.39 Å². The largest absolute Gasteiger partial charge is 0.474 e. The van der Waals surface area contributed by atoms with Gasteiger partial charge < -0.3 is 19.9 Å². The van der Waals surface area contributed by atoms with Crippen LogP contribution in [-0.4, -0.2) is 43.5 Å². The molecule has 0 aliphatic carbocycles. The van der Waals surface area contributed by atoms with Gasteiger partial charge in [0.05, 0.1) is 12.8 Å². The second kappa shape index (κ2) is 8.07. The number of hydrogen-bond acceptors (Lipinski definition) is 8. The number of ether oxygens (including phenoxy) is 2. The maximum atomic E-state index is 14.5. The lowest BCUT2D eigenvalue weighted by atomic mass is 10.2. The van der Waals surface area contributed by atoms with Crippen LogP contribution in [0.3, 0.4) is 0 Å². The summed E-state index contributed by atoms with van der Waals surface area (Å²) < 4.78 is 25.5. The van der Waals surface area contributed by atoms with Gasteiger partial charge in [0.1, 0.15) is 29.9 Å². The van der Waals surface area contributed by atoms with Gasteiger partial charge in [0, 0.05) is 17.4 Å². The Kier molecular flexibility index (Phi) is 5.16. The molecule has 0 amide bonds. The van der Waals surface area contributed by atoms with Crippen molar-refractivity contribution < 1.29 is 19.0 Å². The number of aryl methyl sites for hydroxylation is 1. The normalized spacial score (nSPS) is 10.9. The third-order valence-electron chi connectivity index (χ3n) is 3.96. The van der Waals surface area contributed by atoms with Gasteiger partial charge in [-0.05, 0) is 31.2 Å². The van der Waals surface area contributed by atoms with E-state index in [-0.39, 0.29) is 24.8 Å². The number of aliphatic hydroxyl groups excluding tert-OH is 1. The second-order valence-electron chi connectivity index (χ2n) is 6.05. The van der Waals surface area contributed by atoms with Gasteiger partial charge in [0.15, 0.2) is 17.2 Å². The van der Waals surface area contributed by atoms with Crippen molar-refractivity contribution >= 4 is 22.5 Å². The summed E-state index contributed by atoms with van der Waals surface area (Å²) in [6, 6.07) is 7.96. The Morgan fingerprint density at radius 3 is 2.83 bits per heavy atom. The molecule has 0 aliphatic rings. The zero-order valence-corrected chi connectivity index (χ0v) is 15.4. The molecule has 0 saturated heterocycles. The van der Waals surface area contributed by atoms with E-state index < -0.39 is 5.82 Å². The first-order chi connectivity index (χ1) is 14.1. The predicted molar refractivity (Wildman–Crippen MR) is 103 cm³/mol. The van der Waals surface area contributed by atoms with Crippen molar-refractivity contribution in [3.05, 3.63) is 54.4 Å². The standard InChI is InChI=1S/C19H17FN6O3/c1-11-2-4-13(9-21-11)29-15-5-3-12(8-14(15)20)24-17-16-18(23-10-22-17)25-26-19(16)28-7-6-27/h2-5,8-10,27H,6-7H2,1H3,(H2,22,23,24,25,26). The summed E-state index contributed by atoms with van der Waals surface area (Å²) in [4.78, 5) is 12.4. The molecule has 148 valence electrons. The highest BCUT2D eigenvalue weighted by Crippen LogP contribution is 2.31. The number of aromatic amines is 1. The van der Waals surface area contributed by atoms with Gasteiger partial charge in [0.2, 0.25) is 5.88 Å². The summed E-state index contributed by atoms with van der Waals surface area (Å²) in [5.74, 6) is 0.586. The minimum absolute atomic E-state index is 0.0722. The number of aromatic nitrogens is 5. The molecule has 3 N–H and O–H groups in total. The zero-order chi connectivity index (χ0) is 20.2. The Labute approximate surface area is 164 Å². The first kappa shape index (κ1) is 18.6. The van der Waals surface area contributed by atoms with Gasteiger partial charge in [-0.25, -0.2) is 14.4 Å². The molecule has 0 spiro atoms. The van der Waals surface area contributed by atoms with Gasteiger partial charge in [-0.1, -0.05) is 0 Å². The lowest BCUT2D eigenvalue weighted by molar-refractivity contribution is 0.198. The van der Waals surface area contributed by atoms with Crippen LogP contribution in [0.2, 0.25) is 0 Å². The van der Waals surface area contributed by atoms with E-state index in [4.69, 9.17) is 14.6 Å². The third kappa shape index (κ3) is 4.06. The quantitative estimate of drug-likeness (QED) is 0.436. The van der Waals surface area contributed by atoms with Crippen molar-refractivity contribution in [1.29, 1.82) is 0 Å². The Morgan fingerprint density at radius 2 is 2.07 bits per heavy atom. The summed E-state index contributed by atoms with van der Waals surface area (Å²) in [6.45, 7) is 1.77. The van der Waals surface area contributed by atoms with Crippen molar-refractivity contribution in [2.75, 3.05) is 18.5 Å². The molecule has 3 aromatic heterocycles. The van der Waals surface area contributed by atoms with E-state index in [0.717, 1.165) is 5.69 Å². The van der Waals surface area contributed by atoms with E-state index in [1.165, 1.54) is 24.7 Å². The van der Waals surface area contributed by atoms with Crippen LogP contribution in [0.15, 0.2) is 42.9 Å². The molecule has 10 heteroatoms. The highest BCUT2D eigenvalue weighted by molar-refractivity contribution is 5.92. The summed E-state index contributed by atoms with van der Waals surface area (Å²) in [5.41, 5.74) is 1.74. The van der Waals surface area contributed by atoms with E-state index in [1.54, 1.807) is 18.2 Å². The number of nitrogens with one attached hydrogen (secondary N) is 2. The number of aliphatic hydroxyl groups is 1. The van der Waals surface area contributed by atoms with Crippen LogP contribution in [-0.2, 0) is 0 Å². The van der Waals surface area contributed by atoms with Gasteiger partial charge >= 0.3 is 0 Å². The average molecular weight is 396 g/mol. The number of halogens is 1. The number of nitrogens with zero attached hydrogens (tertiary/aromatic N) is 4. The van der Waals surface area contributed by atoms with Crippen LogP contribution in [0.4, 0.5) is 15.9 Å². The van der Waals surface area contributed by atoms with E-state index >= 15 is 0 Å². The fourth-order valence-electron chi connectivity index (χ4n) is 2.61. The molecule has 0 bridgehead atoms. The van der Waals surface area contributed by atoms with Crippen LogP contribution in [0.25, 0.3) is 11.0 Å². The fourth-order valence-corrected chi connectivity index (χ4v) is 2.61. The number of pyridine rings is 1. The van der Waals surface area contributed by atoms with Crippen LogP contribution in [0.5, 0.6) is 17.4 Å². The third-order valence-corrected chi connectivity index (χ3v) is 3.96. The molecule has 0 atom stereocenters. The first-order valence-corrected chi connectivity index (χ1v) is 8.74. The smallest absolute Gasteiger partial charge is 0.246 e.